The average Bonchev–Trinajstić information content (AvgIpc) is 2.77. The second kappa shape index (κ2) is 11.1. The van der Waals surface area contributed by atoms with Crippen molar-refractivity contribution in [1.29, 1.82) is 0 Å². The summed E-state index contributed by atoms with van der Waals surface area (Å²) in [6.07, 6.45) is 6.89. The SMILES string of the molecule is CCC/C=C/c1ccc([B]C(C)(C)c2c(F)c(F)c(COCC3(CC)COC3)c(F)c2F)cc1. The molecule has 1 saturated heterocycles. The highest BCUT2D eigenvalue weighted by Crippen LogP contribution is 2.35. The summed E-state index contributed by atoms with van der Waals surface area (Å²) in [5.74, 6) is -5.62. The van der Waals surface area contributed by atoms with Gasteiger partial charge >= 0.3 is 0 Å². The highest BCUT2D eigenvalue weighted by atomic mass is 19.2. The van der Waals surface area contributed by atoms with Gasteiger partial charge in [-0.3, -0.25) is 0 Å². The van der Waals surface area contributed by atoms with Crippen molar-refractivity contribution in [3.8, 4) is 0 Å². The van der Waals surface area contributed by atoms with Crippen molar-refractivity contribution in [2.75, 3.05) is 19.8 Å². The number of ether oxygens (including phenoxy) is 2. The topological polar surface area (TPSA) is 18.5 Å². The number of rotatable bonds is 11. The maximum atomic E-state index is 15.1. The molecule has 3 rings (SSSR count). The lowest BCUT2D eigenvalue weighted by Crippen LogP contribution is -2.45. The van der Waals surface area contributed by atoms with Gasteiger partial charge in [0.1, 0.15) is 0 Å². The van der Waals surface area contributed by atoms with Gasteiger partial charge in [0.15, 0.2) is 30.5 Å². The Labute approximate surface area is 200 Å². The van der Waals surface area contributed by atoms with Gasteiger partial charge in [0.25, 0.3) is 0 Å². The van der Waals surface area contributed by atoms with E-state index in [0.717, 1.165) is 24.8 Å². The number of hydrogen-bond acceptors (Lipinski definition) is 2. The van der Waals surface area contributed by atoms with E-state index in [1.807, 2.05) is 37.3 Å². The Bertz CT molecular complexity index is 980. The summed E-state index contributed by atoms with van der Waals surface area (Å²) in [7, 11) is 1.60. The van der Waals surface area contributed by atoms with Gasteiger partial charge < -0.3 is 9.47 Å². The number of benzene rings is 2. The van der Waals surface area contributed by atoms with Gasteiger partial charge in [0.05, 0.1) is 32.0 Å². The number of hydrogen-bond donors (Lipinski definition) is 0. The molecule has 0 unspecified atom stereocenters. The van der Waals surface area contributed by atoms with Crippen LogP contribution in [0.4, 0.5) is 17.6 Å². The van der Waals surface area contributed by atoms with E-state index < -0.39 is 46.3 Å². The zero-order valence-corrected chi connectivity index (χ0v) is 20.3. The third-order valence-electron chi connectivity index (χ3n) is 6.45. The quantitative estimate of drug-likeness (QED) is 0.217. The van der Waals surface area contributed by atoms with Crippen LogP contribution >= 0.6 is 0 Å². The molecule has 0 atom stereocenters. The van der Waals surface area contributed by atoms with Crippen molar-refractivity contribution in [2.45, 2.75) is 58.9 Å². The molecule has 7 heteroatoms. The maximum Gasteiger partial charge on any atom is 0.167 e. The van der Waals surface area contributed by atoms with E-state index in [1.165, 1.54) is 13.8 Å². The van der Waals surface area contributed by atoms with Crippen LogP contribution in [-0.4, -0.2) is 27.1 Å². The van der Waals surface area contributed by atoms with Gasteiger partial charge in [-0.05, 0) is 23.7 Å². The molecule has 34 heavy (non-hydrogen) atoms. The van der Waals surface area contributed by atoms with Crippen molar-refractivity contribution < 1.29 is 27.0 Å². The van der Waals surface area contributed by atoms with Crippen LogP contribution in [0.3, 0.4) is 0 Å². The lowest BCUT2D eigenvalue weighted by Gasteiger charge is -2.40. The fraction of sp³-hybridized carbons (Fsp3) is 0.481. The van der Waals surface area contributed by atoms with E-state index in [2.05, 4.69) is 13.0 Å². The Hall–Kier alpha value is -2.12. The first kappa shape index (κ1) is 26.5. The van der Waals surface area contributed by atoms with Crippen LogP contribution in [0.25, 0.3) is 6.08 Å². The number of halogens is 4. The van der Waals surface area contributed by atoms with Crippen molar-refractivity contribution in [1.82, 2.24) is 0 Å². The van der Waals surface area contributed by atoms with E-state index in [9.17, 15) is 8.78 Å². The summed E-state index contributed by atoms with van der Waals surface area (Å²) < 4.78 is 70.5. The summed E-state index contributed by atoms with van der Waals surface area (Å²) in [5, 5.41) is -1.30. The van der Waals surface area contributed by atoms with Crippen LogP contribution in [0.2, 0.25) is 0 Å². The molecule has 0 aliphatic carbocycles. The Kier molecular flexibility index (Phi) is 8.64. The van der Waals surface area contributed by atoms with E-state index in [4.69, 9.17) is 9.47 Å². The van der Waals surface area contributed by atoms with Crippen molar-refractivity contribution >= 4 is 18.8 Å². The van der Waals surface area contributed by atoms with Gasteiger partial charge in [-0.15, -0.1) is 0 Å². The molecule has 1 aliphatic rings. The largest absolute Gasteiger partial charge is 0.380 e. The normalized spacial score (nSPS) is 15.5. The molecule has 1 heterocycles. The van der Waals surface area contributed by atoms with E-state index in [0.29, 0.717) is 18.7 Å². The summed E-state index contributed by atoms with van der Waals surface area (Å²) in [5.41, 5.74) is 0.111. The summed E-state index contributed by atoms with van der Waals surface area (Å²) in [6, 6.07) is 7.40. The van der Waals surface area contributed by atoms with Crippen LogP contribution in [-0.2, 0) is 21.4 Å². The molecule has 0 bridgehead atoms. The van der Waals surface area contributed by atoms with Gasteiger partial charge in [-0.1, -0.05) is 76.0 Å². The molecule has 0 N–H and O–H groups in total. The number of unbranched alkanes of at least 4 members (excludes halogenated alkanes) is 1. The second-order valence-electron chi connectivity index (χ2n) is 9.67. The van der Waals surface area contributed by atoms with Crippen molar-refractivity contribution in [3.05, 3.63) is 70.3 Å². The lowest BCUT2D eigenvalue weighted by molar-refractivity contribution is -0.152. The maximum absolute atomic E-state index is 15.1. The Balaban J connectivity index is 1.78. The van der Waals surface area contributed by atoms with E-state index in [-0.39, 0.29) is 12.0 Å². The molecule has 1 radical (unpaired) electrons. The Morgan fingerprint density at radius 1 is 1.00 bits per heavy atom. The summed E-state index contributed by atoms with van der Waals surface area (Å²) in [6.45, 7) is 7.77. The Morgan fingerprint density at radius 3 is 2.12 bits per heavy atom. The fourth-order valence-electron chi connectivity index (χ4n) is 4.10. The molecular weight excluding hydrogens is 443 g/mol. The minimum atomic E-state index is -1.41. The number of allylic oxidation sites excluding steroid dienone is 1. The van der Waals surface area contributed by atoms with Crippen molar-refractivity contribution in [3.63, 3.8) is 0 Å². The first-order valence-corrected chi connectivity index (χ1v) is 11.8. The van der Waals surface area contributed by atoms with Gasteiger partial charge in [-0.25, -0.2) is 17.6 Å². The second-order valence-corrected chi connectivity index (χ2v) is 9.67. The minimum Gasteiger partial charge on any atom is -0.380 e. The molecule has 1 aliphatic heterocycles. The molecule has 183 valence electrons. The van der Waals surface area contributed by atoms with Gasteiger partial charge in [0.2, 0.25) is 0 Å². The molecule has 0 saturated carbocycles. The van der Waals surface area contributed by atoms with Crippen LogP contribution in [0.15, 0.2) is 30.3 Å². The average molecular weight is 475 g/mol. The molecule has 0 amide bonds. The van der Waals surface area contributed by atoms with E-state index in [1.54, 1.807) is 7.28 Å². The van der Waals surface area contributed by atoms with Crippen molar-refractivity contribution in [2.24, 2.45) is 5.41 Å². The highest BCUT2D eigenvalue weighted by Gasteiger charge is 2.38. The zero-order valence-electron chi connectivity index (χ0n) is 20.3. The molecule has 2 nitrogen and oxygen atoms in total. The third-order valence-corrected chi connectivity index (χ3v) is 6.45. The standard InChI is InChI=1S/C27H32BF4O2/c1-5-7-8-9-18-10-12-19(13-11-18)28-26(3,4)21-24(31)22(29)20(23(30)25(21)32)14-33-15-27(6-2)16-34-17-27/h8-13H,5-7,14-17H2,1-4H3/b9-8+. The third kappa shape index (κ3) is 5.74. The monoisotopic (exact) mass is 475 g/mol. The predicted molar refractivity (Wildman–Crippen MR) is 128 cm³/mol. The summed E-state index contributed by atoms with van der Waals surface area (Å²) in [4.78, 5) is 0. The Morgan fingerprint density at radius 2 is 1.62 bits per heavy atom. The zero-order chi connectivity index (χ0) is 24.9. The molecule has 2 aromatic carbocycles. The molecule has 2 aromatic rings. The first-order valence-electron chi connectivity index (χ1n) is 11.8. The first-order chi connectivity index (χ1) is 16.1. The van der Waals surface area contributed by atoms with Gasteiger partial charge in [0, 0.05) is 11.0 Å². The molecule has 0 aromatic heterocycles. The predicted octanol–water partition coefficient (Wildman–Crippen LogP) is 6.26. The van der Waals surface area contributed by atoms with Crippen LogP contribution in [0, 0.1) is 28.7 Å². The smallest absolute Gasteiger partial charge is 0.167 e. The highest BCUT2D eigenvalue weighted by molar-refractivity contribution is 6.56. The molecule has 1 fully saturated rings. The minimum absolute atomic E-state index is 0.205. The van der Waals surface area contributed by atoms with Crippen LogP contribution in [0.5, 0.6) is 0 Å². The molecule has 0 spiro atoms. The fourth-order valence-corrected chi connectivity index (χ4v) is 4.10. The van der Waals surface area contributed by atoms with Crippen LogP contribution in [0.1, 0.15) is 63.6 Å². The summed E-state index contributed by atoms with van der Waals surface area (Å²) >= 11 is 0. The molecular formula is C27H32BF4O2. The van der Waals surface area contributed by atoms with Crippen LogP contribution < -0.4 is 5.46 Å². The van der Waals surface area contributed by atoms with Gasteiger partial charge in [-0.2, -0.15) is 0 Å². The lowest BCUT2D eigenvalue weighted by atomic mass is 9.48. The van der Waals surface area contributed by atoms with E-state index >= 15 is 8.78 Å².